The minimum Gasteiger partial charge on any atom is -0.353 e. The van der Waals surface area contributed by atoms with Gasteiger partial charge in [-0.3, -0.25) is 4.79 Å². The summed E-state index contributed by atoms with van der Waals surface area (Å²) < 4.78 is 26.6. The number of hydrogen-bond donors (Lipinski definition) is 1. The quantitative estimate of drug-likeness (QED) is 0.731. The van der Waals surface area contributed by atoms with Gasteiger partial charge in [0.2, 0.25) is 0 Å². The van der Waals surface area contributed by atoms with Crippen molar-refractivity contribution in [3.63, 3.8) is 0 Å². The first-order chi connectivity index (χ1) is 14.1. The number of carbonyl (C=O) groups excluding carboxylic acids is 1. The Morgan fingerprint density at radius 3 is 2.28 bits per heavy atom. The van der Waals surface area contributed by atoms with E-state index in [1.165, 1.54) is 6.07 Å². The van der Waals surface area contributed by atoms with E-state index in [4.69, 9.17) is 0 Å². The molecule has 29 heavy (non-hydrogen) atoms. The van der Waals surface area contributed by atoms with E-state index in [9.17, 15) is 13.6 Å². The van der Waals surface area contributed by atoms with Crippen LogP contribution < -0.4 is 15.1 Å². The zero-order chi connectivity index (χ0) is 20.2. The highest BCUT2D eigenvalue weighted by atomic mass is 19.1. The van der Waals surface area contributed by atoms with Crippen LogP contribution in [0.3, 0.4) is 0 Å². The molecule has 1 N–H and O–H groups in total. The van der Waals surface area contributed by atoms with E-state index in [-0.39, 0.29) is 11.4 Å². The lowest BCUT2D eigenvalue weighted by Gasteiger charge is -2.35. The largest absolute Gasteiger partial charge is 0.353 e. The van der Waals surface area contributed by atoms with Crippen molar-refractivity contribution in [2.24, 2.45) is 0 Å². The van der Waals surface area contributed by atoms with Crippen LogP contribution in [0.5, 0.6) is 0 Å². The second-order valence-corrected chi connectivity index (χ2v) is 6.52. The number of amides is 1. The van der Waals surface area contributed by atoms with Crippen LogP contribution in [0.4, 0.5) is 26.1 Å². The van der Waals surface area contributed by atoms with Crippen molar-refractivity contribution in [2.45, 2.75) is 0 Å². The molecule has 1 saturated heterocycles. The minimum absolute atomic E-state index is 0.0459. The van der Waals surface area contributed by atoms with Crippen LogP contribution in [0.25, 0.3) is 0 Å². The first-order valence-corrected chi connectivity index (χ1v) is 9.11. The molecule has 4 rings (SSSR count). The number of nitrogens with one attached hydrogen (secondary N) is 1. The second kappa shape index (κ2) is 8.17. The average Bonchev–Trinajstić information content (AvgIpc) is 2.76. The summed E-state index contributed by atoms with van der Waals surface area (Å²) in [5.41, 5.74) is -0.0717. The van der Waals surface area contributed by atoms with E-state index in [0.717, 1.165) is 44.1 Å². The number of piperazine rings is 1. The Kier molecular flexibility index (Phi) is 5.28. The molecule has 1 aliphatic heterocycles. The molecule has 9 heteroatoms. The highest BCUT2D eigenvalue weighted by Gasteiger charge is 2.20. The number of benzene rings is 1. The summed E-state index contributed by atoms with van der Waals surface area (Å²) in [4.78, 5) is 20.9. The van der Waals surface area contributed by atoms with Gasteiger partial charge in [-0.2, -0.15) is 0 Å². The fourth-order valence-electron chi connectivity index (χ4n) is 3.10. The predicted molar refractivity (Wildman–Crippen MR) is 105 cm³/mol. The molecule has 1 amide bonds. The lowest BCUT2D eigenvalue weighted by atomic mass is 10.2. The molecule has 2 aromatic heterocycles. The topological polar surface area (TPSA) is 74.2 Å². The van der Waals surface area contributed by atoms with Crippen LogP contribution in [0.2, 0.25) is 0 Å². The third kappa shape index (κ3) is 4.29. The van der Waals surface area contributed by atoms with Crippen molar-refractivity contribution in [2.75, 3.05) is 41.3 Å². The standard InChI is InChI=1S/C20H18F2N6O/c21-14-4-5-16(15(22)13-14)24-20(29)17-6-7-19(26-25-17)28-11-9-27(10-12-28)18-3-1-2-8-23-18/h1-8,13H,9-12H2,(H,24,29). The third-order valence-corrected chi connectivity index (χ3v) is 4.64. The molecule has 0 aliphatic carbocycles. The molecular formula is C20H18F2N6O. The molecule has 1 fully saturated rings. The number of carbonyl (C=O) groups is 1. The van der Waals surface area contributed by atoms with Gasteiger partial charge in [-0.05, 0) is 36.4 Å². The monoisotopic (exact) mass is 396 g/mol. The third-order valence-electron chi connectivity index (χ3n) is 4.64. The van der Waals surface area contributed by atoms with E-state index in [1.54, 1.807) is 12.3 Å². The summed E-state index contributed by atoms with van der Waals surface area (Å²) in [6, 6.07) is 12.0. The number of hydrogen-bond acceptors (Lipinski definition) is 6. The molecule has 1 aromatic carbocycles. The zero-order valence-corrected chi connectivity index (χ0v) is 15.4. The van der Waals surface area contributed by atoms with Crippen molar-refractivity contribution in [1.29, 1.82) is 0 Å². The molecule has 0 unspecified atom stereocenters. The molecular weight excluding hydrogens is 378 g/mol. The van der Waals surface area contributed by atoms with Gasteiger partial charge in [-0.1, -0.05) is 6.07 Å². The van der Waals surface area contributed by atoms with E-state index in [2.05, 4.69) is 30.3 Å². The first kappa shape index (κ1) is 18.7. The normalized spacial score (nSPS) is 14.0. The van der Waals surface area contributed by atoms with Gasteiger partial charge in [0.05, 0.1) is 5.69 Å². The summed E-state index contributed by atoms with van der Waals surface area (Å²) in [5, 5.41) is 10.4. The molecule has 0 spiro atoms. The summed E-state index contributed by atoms with van der Waals surface area (Å²) in [6.45, 7) is 3.09. The van der Waals surface area contributed by atoms with Crippen LogP contribution in [-0.2, 0) is 0 Å². The van der Waals surface area contributed by atoms with Crippen molar-refractivity contribution in [1.82, 2.24) is 15.2 Å². The van der Waals surface area contributed by atoms with Crippen LogP contribution in [0.15, 0.2) is 54.7 Å². The minimum atomic E-state index is -0.853. The maximum absolute atomic E-state index is 13.7. The molecule has 3 heterocycles. The van der Waals surface area contributed by atoms with Gasteiger partial charge in [0.25, 0.3) is 5.91 Å². The van der Waals surface area contributed by atoms with Gasteiger partial charge in [-0.25, -0.2) is 13.8 Å². The molecule has 0 radical (unpaired) electrons. The van der Waals surface area contributed by atoms with Crippen LogP contribution in [0, 0.1) is 11.6 Å². The van der Waals surface area contributed by atoms with Gasteiger partial charge >= 0.3 is 0 Å². The fraction of sp³-hybridized carbons (Fsp3) is 0.200. The van der Waals surface area contributed by atoms with Crippen LogP contribution >= 0.6 is 0 Å². The van der Waals surface area contributed by atoms with Crippen LogP contribution in [0.1, 0.15) is 10.5 Å². The number of rotatable bonds is 4. The Labute approximate surface area is 166 Å². The number of anilines is 3. The lowest BCUT2D eigenvalue weighted by Crippen LogP contribution is -2.47. The van der Waals surface area contributed by atoms with E-state index in [0.29, 0.717) is 11.9 Å². The van der Waals surface area contributed by atoms with E-state index in [1.807, 2.05) is 18.2 Å². The lowest BCUT2D eigenvalue weighted by molar-refractivity contribution is 0.102. The molecule has 1 aliphatic rings. The van der Waals surface area contributed by atoms with Gasteiger partial charge in [0.15, 0.2) is 11.5 Å². The number of pyridine rings is 1. The highest BCUT2D eigenvalue weighted by Crippen LogP contribution is 2.18. The molecule has 0 atom stereocenters. The number of nitrogens with zero attached hydrogens (tertiary/aromatic N) is 5. The molecule has 3 aromatic rings. The van der Waals surface area contributed by atoms with Crippen molar-refractivity contribution in [3.8, 4) is 0 Å². The predicted octanol–water partition coefficient (Wildman–Crippen LogP) is 2.73. The summed E-state index contributed by atoms with van der Waals surface area (Å²) in [7, 11) is 0. The first-order valence-electron chi connectivity index (χ1n) is 9.11. The number of aromatic nitrogens is 3. The maximum atomic E-state index is 13.7. The molecule has 148 valence electrons. The average molecular weight is 396 g/mol. The van der Waals surface area contributed by atoms with Crippen LogP contribution in [-0.4, -0.2) is 47.3 Å². The Bertz CT molecular complexity index is 992. The highest BCUT2D eigenvalue weighted by molar-refractivity contribution is 6.02. The molecule has 0 saturated carbocycles. The Hall–Kier alpha value is -3.62. The number of halogens is 2. The summed E-state index contributed by atoms with van der Waals surface area (Å²) in [5.74, 6) is -0.579. The Morgan fingerprint density at radius 2 is 1.66 bits per heavy atom. The zero-order valence-electron chi connectivity index (χ0n) is 15.4. The smallest absolute Gasteiger partial charge is 0.276 e. The fourth-order valence-corrected chi connectivity index (χ4v) is 3.10. The molecule has 7 nitrogen and oxygen atoms in total. The van der Waals surface area contributed by atoms with Crippen molar-refractivity contribution >= 4 is 23.2 Å². The van der Waals surface area contributed by atoms with Crippen molar-refractivity contribution in [3.05, 3.63) is 72.1 Å². The Morgan fingerprint density at radius 1 is 0.897 bits per heavy atom. The molecule has 0 bridgehead atoms. The Balaban J connectivity index is 1.37. The van der Waals surface area contributed by atoms with Crippen molar-refractivity contribution < 1.29 is 13.6 Å². The second-order valence-electron chi connectivity index (χ2n) is 6.52. The van der Waals surface area contributed by atoms with E-state index >= 15 is 0 Å². The summed E-state index contributed by atoms with van der Waals surface area (Å²) in [6.07, 6.45) is 1.77. The van der Waals surface area contributed by atoms with Gasteiger partial charge in [0.1, 0.15) is 17.5 Å². The van der Waals surface area contributed by atoms with Gasteiger partial charge < -0.3 is 15.1 Å². The van der Waals surface area contributed by atoms with E-state index < -0.39 is 17.5 Å². The SMILES string of the molecule is O=C(Nc1ccc(F)cc1F)c1ccc(N2CCN(c3ccccn3)CC2)nn1. The maximum Gasteiger partial charge on any atom is 0.276 e. The summed E-state index contributed by atoms with van der Waals surface area (Å²) >= 11 is 0. The van der Waals surface area contributed by atoms with Gasteiger partial charge in [-0.15, -0.1) is 10.2 Å². The van der Waals surface area contributed by atoms with Gasteiger partial charge in [0, 0.05) is 38.4 Å².